The Morgan fingerprint density at radius 1 is 1.37 bits per heavy atom. The van der Waals surface area contributed by atoms with Crippen molar-refractivity contribution in [2.45, 2.75) is 31.5 Å². The fourth-order valence-corrected chi connectivity index (χ4v) is 1.86. The Morgan fingerprint density at radius 3 is 2.47 bits per heavy atom. The van der Waals surface area contributed by atoms with Crippen molar-refractivity contribution in [2.75, 3.05) is 13.7 Å². The molecule has 0 spiro atoms. The third-order valence-corrected chi connectivity index (χ3v) is 3.02. The largest absolute Gasteiger partial charge is 0.468 e. The van der Waals surface area contributed by atoms with Crippen molar-refractivity contribution in [1.82, 2.24) is 5.32 Å². The lowest BCUT2D eigenvalue weighted by atomic mass is 10.0. The molecule has 0 fully saturated rings. The number of benzene rings is 1. The molecule has 0 heterocycles. The summed E-state index contributed by atoms with van der Waals surface area (Å²) < 4.78 is 4.67. The van der Waals surface area contributed by atoms with E-state index >= 15 is 0 Å². The second kappa shape index (κ2) is 7.89. The van der Waals surface area contributed by atoms with Crippen molar-refractivity contribution in [1.29, 1.82) is 0 Å². The van der Waals surface area contributed by atoms with Gasteiger partial charge in [-0.2, -0.15) is 0 Å². The zero-order valence-corrected chi connectivity index (χ0v) is 11.2. The van der Waals surface area contributed by atoms with Crippen LogP contribution >= 0.6 is 0 Å². The number of hydrogen-bond donors (Lipinski definition) is 3. The molecule has 106 valence electrons. The minimum atomic E-state index is -0.856. The molecule has 0 saturated carbocycles. The lowest BCUT2D eigenvalue weighted by molar-refractivity contribution is -0.146. The van der Waals surface area contributed by atoms with Crippen molar-refractivity contribution in [2.24, 2.45) is 0 Å². The molecule has 1 rings (SSSR count). The molecule has 1 aromatic carbocycles. The van der Waals surface area contributed by atoms with E-state index in [0.29, 0.717) is 6.42 Å². The van der Waals surface area contributed by atoms with Crippen LogP contribution in [0.4, 0.5) is 0 Å². The highest BCUT2D eigenvalue weighted by Gasteiger charge is 2.29. The summed E-state index contributed by atoms with van der Waals surface area (Å²) in [5, 5.41) is 22.3. The van der Waals surface area contributed by atoms with E-state index in [1.807, 2.05) is 30.3 Å². The average Bonchev–Trinajstić information content (AvgIpc) is 2.48. The van der Waals surface area contributed by atoms with Gasteiger partial charge in [0.15, 0.2) is 0 Å². The number of aliphatic hydroxyl groups excluding tert-OH is 2. The van der Waals surface area contributed by atoms with Crippen LogP contribution < -0.4 is 5.32 Å². The van der Waals surface area contributed by atoms with Gasteiger partial charge in [0.25, 0.3) is 0 Å². The van der Waals surface area contributed by atoms with Crippen LogP contribution in [0, 0.1) is 0 Å². The highest BCUT2D eigenvalue weighted by Crippen LogP contribution is 2.14. The van der Waals surface area contributed by atoms with E-state index in [0.717, 1.165) is 5.56 Å². The van der Waals surface area contributed by atoms with Crippen LogP contribution in [0.25, 0.3) is 0 Å². The van der Waals surface area contributed by atoms with Gasteiger partial charge in [0.1, 0.15) is 6.04 Å². The van der Waals surface area contributed by atoms with E-state index in [2.05, 4.69) is 10.1 Å². The minimum Gasteiger partial charge on any atom is -0.468 e. The highest BCUT2D eigenvalue weighted by atomic mass is 16.5. The summed E-state index contributed by atoms with van der Waals surface area (Å²) in [6, 6.07) is 7.99. The van der Waals surface area contributed by atoms with E-state index in [1.165, 1.54) is 7.11 Å². The molecule has 0 amide bonds. The molecule has 5 heteroatoms. The van der Waals surface area contributed by atoms with Crippen molar-refractivity contribution < 1.29 is 19.7 Å². The average molecular weight is 267 g/mol. The molecule has 0 saturated heterocycles. The molecule has 0 aliphatic carbocycles. The van der Waals surface area contributed by atoms with Gasteiger partial charge in [-0.1, -0.05) is 37.3 Å². The number of rotatable bonds is 7. The van der Waals surface area contributed by atoms with E-state index in [4.69, 9.17) is 0 Å². The third kappa shape index (κ3) is 4.31. The molecule has 3 N–H and O–H groups in total. The van der Waals surface area contributed by atoms with E-state index in [9.17, 15) is 15.0 Å². The molecule has 3 atom stereocenters. The van der Waals surface area contributed by atoms with Gasteiger partial charge in [-0.25, -0.2) is 0 Å². The maximum atomic E-state index is 11.7. The Morgan fingerprint density at radius 2 is 2.00 bits per heavy atom. The molecule has 0 radical (unpaired) electrons. The molecule has 1 aromatic rings. The van der Waals surface area contributed by atoms with Gasteiger partial charge in [0.05, 0.1) is 25.9 Å². The number of carbonyl (C=O) groups is 1. The maximum Gasteiger partial charge on any atom is 0.325 e. The van der Waals surface area contributed by atoms with Crippen LogP contribution in [0.15, 0.2) is 30.3 Å². The van der Waals surface area contributed by atoms with Gasteiger partial charge in [0.2, 0.25) is 0 Å². The quantitative estimate of drug-likeness (QED) is 0.631. The molecule has 0 unspecified atom stereocenters. The summed E-state index contributed by atoms with van der Waals surface area (Å²) in [5.74, 6) is -0.538. The summed E-state index contributed by atoms with van der Waals surface area (Å²) in [6.45, 7) is 1.60. The van der Waals surface area contributed by atoms with Gasteiger partial charge in [-0.05, 0) is 12.0 Å². The monoisotopic (exact) mass is 267 g/mol. The Kier molecular flexibility index (Phi) is 6.49. The van der Waals surface area contributed by atoms with Crippen LogP contribution in [0.2, 0.25) is 0 Å². The van der Waals surface area contributed by atoms with E-state index in [1.54, 1.807) is 6.92 Å². The van der Waals surface area contributed by atoms with Crippen LogP contribution in [0.1, 0.15) is 24.9 Å². The Bertz CT molecular complexity index is 382. The molecular weight excluding hydrogens is 246 g/mol. The molecule has 0 aliphatic heterocycles. The summed E-state index contributed by atoms with van der Waals surface area (Å²) in [7, 11) is 1.27. The van der Waals surface area contributed by atoms with Gasteiger partial charge < -0.3 is 14.9 Å². The Balaban J connectivity index is 2.84. The van der Waals surface area contributed by atoms with Gasteiger partial charge >= 0.3 is 5.97 Å². The molecule has 0 bridgehead atoms. The smallest absolute Gasteiger partial charge is 0.325 e. The molecule has 0 aliphatic rings. The number of methoxy groups -OCH3 is 1. The van der Waals surface area contributed by atoms with Crippen molar-refractivity contribution in [3.63, 3.8) is 0 Å². The number of nitrogens with one attached hydrogen (secondary N) is 1. The maximum absolute atomic E-state index is 11.7. The highest BCUT2D eigenvalue weighted by molar-refractivity contribution is 5.76. The standard InChI is InChI=1S/C14H21NO4/c1-3-12(17)13(14(18)19-2)15-11(9-16)10-7-5-4-6-8-10/h4-8,11-13,15-17H,3,9H2,1-2H3/t11-,12-,13+/m1/s1. The molecule has 5 nitrogen and oxygen atoms in total. The zero-order chi connectivity index (χ0) is 14.3. The number of ether oxygens (including phenoxy) is 1. The summed E-state index contributed by atoms with van der Waals surface area (Å²) in [6.07, 6.45) is -0.440. The summed E-state index contributed by atoms with van der Waals surface area (Å²) >= 11 is 0. The second-order valence-corrected chi connectivity index (χ2v) is 4.29. The fourth-order valence-electron chi connectivity index (χ4n) is 1.86. The lowest BCUT2D eigenvalue weighted by Gasteiger charge is -2.26. The Labute approximate surface area is 113 Å². The van der Waals surface area contributed by atoms with Crippen LogP contribution in [-0.2, 0) is 9.53 Å². The first-order valence-electron chi connectivity index (χ1n) is 6.31. The lowest BCUT2D eigenvalue weighted by Crippen LogP contribution is -2.48. The zero-order valence-electron chi connectivity index (χ0n) is 11.2. The van der Waals surface area contributed by atoms with Gasteiger partial charge in [0, 0.05) is 0 Å². The fraction of sp³-hybridized carbons (Fsp3) is 0.500. The molecule has 19 heavy (non-hydrogen) atoms. The topological polar surface area (TPSA) is 78.8 Å². The first kappa shape index (κ1) is 15.6. The Hall–Kier alpha value is -1.43. The SMILES string of the molecule is CC[C@@H](O)[C@H](N[C@H](CO)c1ccccc1)C(=O)OC. The number of hydrogen-bond acceptors (Lipinski definition) is 5. The van der Waals surface area contributed by atoms with Crippen LogP contribution in [0.5, 0.6) is 0 Å². The second-order valence-electron chi connectivity index (χ2n) is 4.29. The van der Waals surface area contributed by atoms with E-state index in [-0.39, 0.29) is 6.61 Å². The first-order chi connectivity index (χ1) is 9.13. The third-order valence-electron chi connectivity index (χ3n) is 3.02. The predicted octanol–water partition coefficient (Wildman–Crippen LogP) is 0.622. The van der Waals surface area contributed by atoms with Crippen LogP contribution in [0.3, 0.4) is 0 Å². The predicted molar refractivity (Wildman–Crippen MR) is 71.5 cm³/mol. The number of aliphatic hydroxyl groups is 2. The van der Waals surface area contributed by atoms with Crippen molar-refractivity contribution >= 4 is 5.97 Å². The van der Waals surface area contributed by atoms with Crippen molar-refractivity contribution in [3.8, 4) is 0 Å². The normalized spacial score (nSPS) is 15.6. The first-order valence-corrected chi connectivity index (χ1v) is 6.31. The number of carbonyl (C=O) groups excluding carboxylic acids is 1. The summed E-state index contributed by atoms with van der Waals surface area (Å²) in [5.41, 5.74) is 0.849. The van der Waals surface area contributed by atoms with Gasteiger partial charge in [-0.3, -0.25) is 10.1 Å². The summed E-state index contributed by atoms with van der Waals surface area (Å²) in [4.78, 5) is 11.7. The number of esters is 1. The van der Waals surface area contributed by atoms with E-state index < -0.39 is 24.2 Å². The van der Waals surface area contributed by atoms with Crippen LogP contribution in [-0.4, -0.2) is 42.0 Å². The van der Waals surface area contributed by atoms with Gasteiger partial charge in [-0.15, -0.1) is 0 Å². The van der Waals surface area contributed by atoms with Crippen molar-refractivity contribution in [3.05, 3.63) is 35.9 Å². The molecule has 0 aromatic heterocycles. The minimum absolute atomic E-state index is 0.173. The molecular formula is C14H21NO4.